The Morgan fingerprint density at radius 2 is 2.29 bits per heavy atom. The fourth-order valence-corrected chi connectivity index (χ4v) is 2.05. The van der Waals surface area contributed by atoms with Gasteiger partial charge in [-0.15, -0.1) is 0 Å². The number of imidazole rings is 1. The van der Waals surface area contributed by atoms with Gasteiger partial charge in [-0.25, -0.2) is 9.37 Å². The molecule has 17 heavy (non-hydrogen) atoms. The predicted octanol–water partition coefficient (Wildman–Crippen LogP) is 2.51. The normalized spacial score (nSPS) is 16.8. The van der Waals surface area contributed by atoms with Gasteiger partial charge in [-0.1, -0.05) is 12.1 Å². The summed E-state index contributed by atoms with van der Waals surface area (Å²) in [5.74, 6) is -0.361. The number of halogens is 1. The molecule has 1 aromatic carbocycles. The van der Waals surface area contributed by atoms with Crippen molar-refractivity contribution < 1.29 is 4.39 Å². The van der Waals surface area contributed by atoms with E-state index in [0.29, 0.717) is 11.1 Å². The zero-order chi connectivity index (χ0) is 11.8. The minimum absolute atomic E-state index is 0.166. The van der Waals surface area contributed by atoms with E-state index < -0.39 is 0 Å². The van der Waals surface area contributed by atoms with Gasteiger partial charge in [0, 0.05) is 5.56 Å². The van der Waals surface area contributed by atoms with Crippen LogP contribution in [0.2, 0.25) is 0 Å². The SMILES string of the molecule is N#Cc1ccc([C@H]2C=Cc3cncn32)c(F)c1. The number of allylic oxidation sites excluding steroid dienone is 1. The molecule has 1 aliphatic rings. The second-order valence-electron chi connectivity index (χ2n) is 3.88. The van der Waals surface area contributed by atoms with Crippen molar-refractivity contribution in [3.63, 3.8) is 0 Å². The Labute approximate surface area is 97.4 Å². The van der Waals surface area contributed by atoms with E-state index in [1.807, 2.05) is 22.8 Å². The number of rotatable bonds is 1. The van der Waals surface area contributed by atoms with Crippen molar-refractivity contribution in [3.8, 4) is 6.07 Å². The lowest BCUT2D eigenvalue weighted by Crippen LogP contribution is -2.06. The molecule has 1 aliphatic heterocycles. The molecule has 0 unspecified atom stereocenters. The summed E-state index contributed by atoms with van der Waals surface area (Å²) in [4.78, 5) is 4.02. The van der Waals surface area contributed by atoms with Gasteiger partial charge in [0.2, 0.25) is 0 Å². The first-order chi connectivity index (χ1) is 8.29. The number of fused-ring (bicyclic) bond motifs is 1. The maximum Gasteiger partial charge on any atom is 0.130 e. The first-order valence-corrected chi connectivity index (χ1v) is 5.19. The molecular weight excluding hydrogens is 217 g/mol. The number of hydrogen-bond donors (Lipinski definition) is 0. The first kappa shape index (κ1) is 9.79. The van der Waals surface area contributed by atoms with Crippen LogP contribution in [0.3, 0.4) is 0 Å². The molecule has 2 aromatic rings. The Bertz CT molecular complexity index is 649. The molecule has 4 heteroatoms. The Balaban J connectivity index is 2.08. The summed E-state index contributed by atoms with van der Waals surface area (Å²) >= 11 is 0. The maximum absolute atomic E-state index is 13.9. The highest BCUT2D eigenvalue weighted by Crippen LogP contribution is 2.30. The lowest BCUT2D eigenvalue weighted by atomic mass is 10.0. The van der Waals surface area contributed by atoms with E-state index in [9.17, 15) is 4.39 Å². The zero-order valence-corrected chi connectivity index (χ0v) is 8.84. The van der Waals surface area contributed by atoms with E-state index in [1.165, 1.54) is 6.07 Å². The minimum atomic E-state index is -0.361. The summed E-state index contributed by atoms with van der Waals surface area (Å²) in [6.07, 6.45) is 7.24. The quantitative estimate of drug-likeness (QED) is 0.748. The first-order valence-electron chi connectivity index (χ1n) is 5.19. The summed E-state index contributed by atoms with van der Waals surface area (Å²) < 4.78 is 15.8. The second-order valence-corrected chi connectivity index (χ2v) is 3.88. The van der Waals surface area contributed by atoms with Gasteiger partial charge >= 0.3 is 0 Å². The largest absolute Gasteiger partial charge is 0.320 e. The Kier molecular flexibility index (Phi) is 2.05. The molecule has 0 N–H and O–H groups in total. The van der Waals surface area contributed by atoms with E-state index in [2.05, 4.69) is 4.98 Å². The van der Waals surface area contributed by atoms with Gasteiger partial charge in [0.05, 0.1) is 35.9 Å². The number of nitriles is 1. The third kappa shape index (κ3) is 1.44. The fourth-order valence-electron chi connectivity index (χ4n) is 2.05. The van der Waals surface area contributed by atoms with Crippen molar-refractivity contribution in [2.24, 2.45) is 0 Å². The Morgan fingerprint density at radius 1 is 1.41 bits per heavy atom. The molecule has 3 rings (SSSR count). The summed E-state index contributed by atoms with van der Waals surface area (Å²) in [6.45, 7) is 0. The summed E-state index contributed by atoms with van der Waals surface area (Å²) in [7, 11) is 0. The molecule has 0 fully saturated rings. The number of nitrogens with zero attached hydrogens (tertiary/aromatic N) is 3. The van der Waals surface area contributed by atoms with E-state index in [1.54, 1.807) is 24.7 Å². The molecule has 0 bridgehead atoms. The van der Waals surface area contributed by atoms with Gasteiger partial charge in [-0.05, 0) is 18.2 Å². The van der Waals surface area contributed by atoms with Crippen molar-refractivity contribution in [1.29, 1.82) is 5.26 Å². The average molecular weight is 225 g/mol. The van der Waals surface area contributed by atoms with Crippen LogP contribution in [0.25, 0.3) is 6.08 Å². The number of benzene rings is 1. The van der Waals surface area contributed by atoms with Gasteiger partial charge < -0.3 is 4.57 Å². The molecule has 0 aliphatic carbocycles. The molecule has 0 saturated carbocycles. The van der Waals surface area contributed by atoms with Crippen LogP contribution in [-0.4, -0.2) is 9.55 Å². The molecule has 1 aromatic heterocycles. The Hall–Kier alpha value is -2.41. The van der Waals surface area contributed by atoms with Gasteiger partial charge in [0.1, 0.15) is 5.82 Å². The van der Waals surface area contributed by atoms with E-state index in [-0.39, 0.29) is 11.9 Å². The van der Waals surface area contributed by atoms with Crippen LogP contribution < -0.4 is 0 Å². The van der Waals surface area contributed by atoms with Crippen LogP contribution in [-0.2, 0) is 0 Å². The second kappa shape index (κ2) is 3.56. The molecule has 0 radical (unpaired) electrons. The van der Waals surface area contributed by atoms with Crippen LogP contribution in [0, 0.1) is 17.1 Å². The maximum atomic E-state index is 13.9. The van der Waals surface area contributed by atoms with E-state index in [0.717, 1.165) is 5.69 Å². The van der Waals surface area contributed by atoms with Crippen molar-refractivity contribution in [3.05, 3.63) is 59.4 Å². The smallest absolute Gasteiger partial charge is 0.130 e. The summed E-state index contributed by atoms with van der Waals surface area (Å²) in [6, 6.07) is 6.30. The topological polar surface area (TPSA) is 41.6 Å². The molecule has 0 saturated heterocycles. The van der Waals surface area contributed by atoms with E-state index in [4.69, 9.17) is 5.26 Å². The Morgan fingerprint density at radius 3 is 3.06 bits per heavy atom. The predicted molar refractivity (Wildman–Crippen MR) is 60.5 cm³/mol. The van der Waals surface area contributed by atoms with Crippen LogP contribution >= 0.6 is 0 Å². The van der Waals surface area contributed by atoms with Crippen molar-refractivity contribution in [1.82, 2.24) is 9.55 Å². The van der Waals surface area contributed by atoms with Crippen molar-refractivity contribution in [2.75, 3.05) is 0 Å². The lowest BCUT2D eigenvalue weighted by Gasteiger charge is -2.13. The van der Waals surface area contributed by atoms with Crippen LogP contribution in [0.1, 0.15) is 22.9 Å². The fraction of sp³-hybridized carbons (Fsp3) is 0.0769. The monoisotopic (exact) mass is 225 g/mol. The highest BCUT2D eigenvalue weighted by molar-refractivity contribution is 5.53. The van der Waals surface area contributed by atoms with Gasteiger partial charge in [0.25, 0.3) is 0 Å². The highest BCUT2D eigenvalue weighted by Gasteiger charge is 2.20. The number of hydrogen-bond acceptors (Lipinski definition) is 2. The lowest BCUT2D eigenvalue weighted by molar-refractivity contribution is 0.582. The minimum Gasteiger partial charge on any atom is -0.320 e. The molecule has 3 nitrogen and oxygen atoms in total. The van der Waals surface area contributed by atoms with Crippen molar-refractivity contribution >= 4 is 6.08 Å². The molecule has 0 spiro atoms. The molecular formula is C13H8FN3. The molecule has 1 atom stereocenters. The summed E-state index contributed by atoms with van der Waals surface area (Å²) in [5, 5.41) is 8.70. The van der Waals surface area contributed by atoms with Crippen LogP contribution in [0.5, 0.6) is 0 Å². The van der Waals surface area contributed by atoms with Crippen LogP contribution in [0.4, 0.5) is 4.39 Å². The van der Waals surface area contributed by atoms with Crippen LogP contribution in [0.15, 0.2) is 36.8 Å². The average Bonchev–Trinajstić information content (AvgIpc) is 2.91. The number of aromatic nitrogens is 2. The molecule has 2 heterocycles. The van der Waals surface area contributed by atoms with Gasteiger partial charge in [-0.2, -0.15) is 5.26 Å². The molecule has 0 amide bonds. The van der Waals surface area contributed by atoms with Gasteiger partial charge in [-0.3, -0.25) is 0 Å². The summed E-state index contributed by atoms with van der Waals surface area (Å²) in [5.41, 5.74) is 1.84. The standard InChI is InChI=1S/C13H8FN3/c14-12-5-9(6-15)1-3-11(12)13-4-2-10-7-16-8-17(10)13/h1-5,7-8,13H/t13-/m1/s1. The van der Waals surface area contributed by atoms with Gasteiger partial charge in [0.15, 0.2) is 0 Å². The third-order valence-corrected chi connectivity index (χ3v) is 2.89. The molecule has 82 valence electrons. The highest BCUT2D eigenvalue weighted by atomic mass is 19.1. The van der Waals surface area contributed by atoms with Crippen molar-refractivity contribution in [2.45, 2.75) is 6.04 Å². The van der Waals surface area contributed by atoms with E-state index >= 15 is 0 Å². The third-order valence-electron chi connectivity index (χ3n) is 2.89. The zero-order valence-electron chi connectivity index (χ0n) is 8.84.